The molecule has 0 spiro atoms. The molecule has 1 aliphatic rings. The maximum atomic E-state index is 12.1. The molecule has 0 saturated heterocycles. The van der Waals surface area contributed by atoms with Crippen molar-refractivity contribution in [3.05, 3.63) is 34.9 Å². The van der Waals surface area contributed by atoms with Crippen LogP contribution in [-0.2, 0) is 0 Å². The highest BCUT2D eigenvalue weighted by Gasteiger charge is 2.40. The number of urea groups is 1. The van der Waals surface area contributed by atoms with E-state index in [2.05, 4.69) is 10.6 Å². The minimum Gasteiger partial charge on any atom is -0.396 e. The molecule has 2 amide bonds. The maximum absolute atomic E-state index is 12.1. The predicted octanol–water partition coefficient (Wildman–Crippen LogP) is 3.05. The van der Waals surface area contributed by atoms with Crippen molar-refractivity contribution < 1.29 is 9.90 Å². The van der Waals surface area contributed by atoms with Crippen LogP contribution in [0.1, 0.15) is 44.6 Å². The van der Waals surface area contributed by atoms with E-state index in [4.69, 9.17) is 16.7 Å². The third kappa shape index (κ3) is 4.35. The Bertz CT molecular complexity index is 509. The van der Waals surface area contributed by atoms with Crippen molar-refractivity contribution in [2.45, 2.75) is 50.6 Å². The fourth-order valence-electron chi connectivity index (χ4n) is 2.51. The van der Waals surface area contributed by atoms with Gasteiger partial charge in [-0.05, 0) is 43.9 Å². The number of aliphatic hydroxyl groups excluding tert-OH is 1. The highest BCUT2D eigenvalue weighted by Crippen LogP contribution is 2.41. The smallest absolute Gasteiger partial charge is 0.315 e. The molecule has 1 aromatic rings. The Hall–Kier alpha value is -1.26. The molecule has 1 fully saturated rings. The standard InChI is InChI=1S/C16H23ClN2O2/c1-3-16(2,7-8-20)19-15(21)18-14-10-13(14)11-5-4-6-12(17)9-11/h4-6,9,13-14,20H,3,7-8,10H2,1-2H3,(H2,18,19,21). The second kappa shape index (κ2) is 6.67. The summed E-state index contributed by atoms with van der Waals surface area (Å²) in [5.41, 5.74) is 0.806. The molecule has 1 aromatic carbocycles. The molecular weight excluding hydrogens is 288 g/mol. The van der Waals surface area contributed by atoms with Crippen LogP contribution in [0.5, 0.6) is 0 Å². The average Bonchev–Trinajstić information content (AvgIpc) is 3.18. The van der Waals surface area contributed by atoms with Crippen LogP contribution in [0.2, 0.25) is 5.02 Å². The van der Waals surface area contributed by atoms with Gasteiger partial charge >= 0.3 is 6.03 Å². The van der Waals surface area contributed by atoms with E-state index in [1.807, 2.05) is 38.1 Å². The van der Waals surface area contributed by atoms with Gasteiger partial charge in [0.15, 0.2) is 0 Å². The molecule has 1 saturated carbocycles. The van der Waals surface area contributed by atoms with E-state index in [0.717, 1.165) is 17.9 Å². The average molecular weight is 311 g/mol. The van der Waals surface area contributed by atoms with Crippen LogP contribution in [0.15, 0.2) is 24.3 Å². The summed E-state index contributed by atoms with van der Waals surface area (Å²) in [7, 11) is 0. The van der Waals surface area contributed by atoms with Crippen LogP contribution < -0.4 is 10.6 Å². The molecule has 2 rings (SSSR count). The molecule has 5 heteroatoms. The number of rotatable bonds is 6. The molecule has 0 heterocycles. The molecule has 0 aromatic heterocycles. The maximum Gasteiger partial charge on any atom is 0.315 e. The Morgan fingerprint density at radius 1 is 1.52 bits per heavy atom. The second-order valence-corrected chi connectivity index (χ2v) is 6.43. The van der Waals surface area contributed by atoms with E-state index >= 15 is 0 Å². The Balaban J connectivity index is 1.85. The summed E-state index contributed by atoms with van der Waals surface area (Å²) in [6.45, 7) is 4.02. The summed E-state index contributed by atoms with van der Waals surface area (Å²) < 4.78 is 0. The van der Waals surface area contributed by atoms with Gasteiger partial charge in [0, 0.05) is 29.1 Å². The first-order valence-electron chi connectivity index (χ1n) is 7.42. The van der Waals surface area contributed by atoms with E-state index in [1.54, 1.807) is 0 Å². The van der Waals surface area contributed by atoms with Crippen LogP contribution in [-0.4, -0.2) is 29.3 Å². The SMILES string of the molecule is CCC(C)(CCO)NC(=O)NC1CC1c1cccc(Cl)c1. The third-order valence-electron chi connectivity index (χ3n) is 4.24. The van der Waals surface area contributed by atoms with Crippen LogP contribution in [0.25, 0.3) is 0 Å². The van der Waals surface area contributed by atoms with Gasteiger partial charge in [0.2, 0.25) is 0 Å². The summed E-state index contributed by atoms with van der Waals surface area (Å²) in [5, 5.41) is 15.8. The van der Waals surface area contributed by atoms with E-state index in [0.29, 0.717) is 12.3 Å². The Labute approximate surface area is 130 Å². The fourth-order valence-corrected chi connectivity index (χ4v) is 2.71. The molecule has 3 N–H and O–H groups in total. The molecule has 0 aliphatic heterocycles. The Morgan fingerprint density at radius 2 is 2.29 bits per heavy atom. The van der Waals surface area contributed by atoms with Crippen molar-refractivity contribution in [2.24, 2.45) is 0 Å². The first kappa shape index (κ1) is 16.1. The lowest BCUT2D eigenvalue weighted by Gasteiger charge is -2.29. The fraction of sp³-hybridized carbons (Fsp3) is 0.562. The quantitative estimate of drug-likeness (QED) is 0.756. The van der Waals surface area contributed by atoms with Crippen LogP contribution in [0.4, 0.5) is 4.79 Å². The van der Waals surface area contributed by atoms with Gasteiger partial charge < -0.3 is 15.7 Å². The summed E-state index contributed by atoms with van der Waals surface area (Å²) >= 11 is 5.99. The van der Waals surface area contributed by atoms with Crippen LogP contribution in [0, 0.1) is 0 Å². The van der Waals surface area contributed by atoms with Gasteiger partial charge in [-0.1, -0.05) is 30.7 Å². The van der Waals surface area contributed by atoms with E-state index in [-0.39, 0.29) is 24.2 Å². The van der Waals surface area contributed by atoms with E-state index in [1.165, 1.54) is 5.56 Å². The summed E-state index contributed by atoms with van der Waals surface area (Å²) in [4.78, 5) is 12.1. The number of aliphatic hydroxyl groups is 1. The Kier molecular flexibility index (Phi) is 5.12. The lowest BCUT2D eigenvalue weighted by atomic mass is 9.95. The van der Waals surface area contributed by atoms with Crippen molar-refractivity contribution in [1.82, 2.24) is 10.6 Å². The molecule has 0 bridgehead atoms. The van der Waals surface area contributed by atoms with Crippen molar-refractivity contribution in [3.63, 3.8) is 0 Å². The molecule has 116 valence electrons. The topological polar surface area (TPSA) is 61.4 Å². The van der Waals surface area contributed by atoms with Crippen LogP contribution in [0.3, 0.4) is 0 Å². The number of hydrogen-bond acceptors (Lipinski definition) is 2. The number of hydrogen-bond donors (Lipinski definition) is 3. The number of benzene rings is 1. The Morgan fingerprint density at radius 3 is 2.90 bits per heavy atom. The largest absolute Gasteiger partial charge is 0.396 e. The van der Waals surface area contributed by atoms with Gasteiger partial charge in [-0.3, -0.25) is 0 Å². The monoisotopic (exact) mass is 310 g/mol. The zero-order chi connectivity index (χ0) is 15.5. The zero-order valence-corrected chi connectivity index (χ0v) is 13.3. The molecule has 3 atom stereocenters. The first-order valence-corrected chi connectivity index (χ1v) is 7.80. The number of nitrogens with one attached hydrogen (secondary N) is 2. The summed E-state index contributed by atoms with van der Waals surface area (Å²) in [6, 6.07) is 7.78. The molecule has 21 heavy (non-hydrogen) atoms. The minimum absolute atomic E-state index is 0.0686. The first-order chi connectivity index (χ1) is 9.97. The molecule has 4 nitrogen and oxygen atoms in total. The normalized spacial score (nSPS) is 23.2. The van der Waals surface area contributed by atoms with Crippen molar-refractivity contribution >= 4 is 17.6 Å². The van der Waals surface area contributed by atoms with Gasteiger partial charge in [0.1, 0.15) is 0 Å². The van der Waals surface area contributed by atoms with Crippen molar-refractivity contribution in [1.29, 1.82) is 0 Å². The number of carbonyl (C=O) groups excluding carboxylic acids is 1. The van der Waals surface area contributed by atoms with Gasteiger partial charge in [0.05, 0.1) is 0 Å². The second-order valence-electron chi connectivity index (χ2n) is 5.99. The highest BCUT2D eigenvalue weighted by molar-refractivity contribution is 6.30. The lowest BCUT2D eigenvalue weighted by molar-refractivity contribution is 0.200. The van der Waals surface area contributed by atoms with E-state index < -0.39 is 0 Å². The predicted molar refractivity (Wildman–Crippen MR) is 84.7 cm³/mol. The number of amides is 2. The van der Waals surface area contributed by atoms with Gasteiger partial charge in [-0.15, -0.1) is 0 Å². The molecule has 3 unspecified atom stereocenters. The summed E-state index contributed by atoms with van der Waals surface area (Å²) in [5.74, 6) is 0.347. The molecule has 0 radical (unpaired) electrons. The van der Waals surface area contributed by atoms with Crippen molar-refractivity contribution in [2.75, 3.05) is 6.61 Å². The molecule has 1 aliphatic carbocycles. The van der Waals surface area contributed by atoms with E-state index in [9.17, 15) is 4.79 Å². The number of halogens is 1. The van der Waals surface area contributed by atoms with Crippen molar-refractivity contribution in [3.8, 4) is 0 Å². The van der Waals surface area contributed by atoms with Crippen LogP contribution >= 0.6 is 11.6 Å². The minimum atomic E-state index is -0.362. The van der Waals surface area contributed by atoms with Gasteiger partial charge in [0.25, 0.3) is 0 Å². The van der Waals surface area contributed by atoms with Gasteiger partial charge in [-0.2, -0.15) is 0 Å². The van der Waals surface area contributed by atoms with Gasteiger partial charge in [-0.25, -0.2) is 4.79 Å². The zero-order valence-electron chi connectivity index (χ0n) is 12.5. The molecular formula is C16H23ClN2O2. The lowest BCUT2D eigenvalue weighted by Crippen LogP contribution is -2.51. The third-order valence-corrected chi connectivity index (χ3v) is 4.48. The highest BCUT2D eigenvalue weighted by atomic mass is 35.5. The number of carbonyl (C=O) groups is 1. The summed E-state index contributed by atoms with van der Waals surface area (Å²) in [6.07, 6.45) is 2.28.